The van der Waals surface area contributed by atoms with Crippen LogP contribution in [0.3, 0.4) is 0 Å². The monoisotopic (exact) mass is 395 g/mol. The summed E-state index contributed by atoms with van der Waals surface area (Å²) in [5, 5.41) is 22.4. The van der Waals surface area contributed by atoms with E-state index < -0.39 is 25.1 Å². The molecule has 0 aliphatic rings. The molecule has 0 unspecified atom stereocenters. The second-order valence-electron chi connectivity index (χ2n) is 5.73. The molecule has 0 fully saturated rings. The van der Waals surface area contributed by atoms with Crippen LogP contribution in [0.1, 0.15) is 16.7 Å². The zero-order valence-corrected chi connectivity index (χ0v) is 16.1. The number of hydrogen-bond donors (Lipinski definition) is 1. The van der Waals surface area contributed by atoms with Crippen molar-refractivity contribution in [2.75, 3.05) is 18.5 Å². The van der Waals surface area contributed by atoms with Gasteiger partial charge >= 0.3 is 5.97 Å². The number of thioether (sulfide) groups is 1. The van der Waals surface area contributed by atoms with Gasteiger partial charge in [-0.1, -0.05) is 12.1 Å². The van der Waals surface area contributed by atoms with Gasteiger partial charge in [-0.15, -0.1) is 0 Å². The lowest BCUT2D eigenvalue weighted by Crippen LogP contribution is -2.24. The van der Waals surface area contributed by atoms with Crippen LogP contribution in [0.5, 0.6) is 5.75 Å². The first-order chi connectivity index (χ1) is 13.4. The third-order valence-electron chi connectivity index (χ3n) is 3.65. The summed E-state index contributed by atoms with van der Waals surface area (Å²) in [5.74, 6) is -0.942. The minimum Gasteiger partial charge on any atom is -0.481 e. The Morgan fingerprint density at radius 3 is 2.43 bits per heavy atom. The molecule has 0 saturated heterocycles. The van der Waals surface area contributed by atoms with Crippen LogP contribution in [0, 0.1) is 35.8 Å². The van der Waals surface area contributed by atoms with Gasteiger partial charge in [0.1, 0.15) is 17.2 Å². The van der Waals surface area contributed by atoms with Crippen molar-refractivity contribution in [1.82, 2.24) is 0 Å². The molecule has 0 bridgehead atoms. The van der Waals surface area contributed by atoms with Gasteiger partial charge < -0.3 is 14.8 Å². The first-order valence-corrected chi connectivity index (χ1v) is 9.00. The van der Waals surface area contributed by atoms with Gasteiger partial charge in [-0.05, 0) is 61.0 Å². The molecule has 0 saturated carbocycles. The Kier molecular flexibility index (Phi) is 7.44. The van der Waals surface area contributed by atoms with Gasteiger partial charge in [0.25, 0.3) is 5.91 Å². The number of anilines is 1. The van der Waals surface area contributed by atoms with Crippen molar-refractivity contribution in [2.24, 2.45) is 0 Å². The Morgan fingerprint density at radius 1 is 1.11 bits per heavy atom. The summed E-state index contributed by atoms with van der Waals surface area (Å²) < 4.78 is 10.2. The van der Waals surface area contributed by atoms with E-state index in [9.17, 15) is 9.59 Å². The SMILES string of the molecule is Cc1cc(SC#N)cc(C)c1NC(=O)COC(=O)COc1ccccc1C#N. The lowest BCUT2D eigenvalue weighted by molar-refractivity contribution is -0.149. The molecule has 0 heterocycles. The third-order valence-corrected chi connectivity index (χ3v) is 4.21. The summed E-state index contributed by atoms with van der Waals surface area (Å²) in [5.41, 5.74) is 2.52. The van der Waals surface area contributed by atoms with E-state index in [1.54, 1.807) is 36.4 Å². The number of benzene rings is 2. The van der Waals surface area contributed by atoms with E-state index in [1.165, 1.54) is 0 Å². The molecule has 7 nitrogen and oxygen atoms in total. The second-order valence-corrected chi connectivity index (χ2v) is 6.59. The van der Waals surface area contributed by atoms with Crippen molar-refractivity contribution in [3.05, 3.63) is 53.1 Å². The minimum atomic E-state index is -0.725. The highest BCUT2D eigenvalue weighted by molar-refractivity contribution is 8.03. The van der Waals surface area contributed by atoms with Crippen LogP contribution < -0.4 is 10.1 Å². The van der Waals surface area contributed by atoms with E-state index >= 15 is 0 Å². The first kappa shape index (κ1) is 20.8. The zero-order chi connectivity index (χ0) is 20.5. The van der Waals surface area contributed by atoms with Crippen LogP contribution in [0.4, 0.5) is 5.69 Å². The fraction of sp³-hybridized carbons (Fsp3) is 0.200. The van der Waals surface area contributed by atoms with Crippen LogP contribution in [-0.2, 0) is 14.3 Å². The standard InChI is InChI=1S/C20H17N3O4S/c1-13-7-16(28-12-22)8-14(2)20(13)23-18(24)10-27-19(25)11-26-17-6-4-3-5-15(17)9-21/h3-8H,10-11H2,1-2H3,(H,23,24). The Bertz CT molecular complexity index is 953. The molecule has 2 rings (SSSR count). The van der Waals surface area contributed by atoms with Gasteiger partial charge in [0.15, 0.2) is 13.2 Å². The summed E-state index contributed by atoms with van der Waals surface area (Å²) in [6.45, 7) is 2.76. The lowest BCUT2D eigenvalue weighted by Gasteiger charge is -2.13. The summed E-state index contributed by atoms with van der Waals surface area (Å²) in [7, 11) is 0. The van der Waals surface area contributed by atoms with Gasteiger partial charge in [-0.25, -0.2) is 4.79 Å². The minimum absolute atomic E-state index is 0.271. The number of nitrogens with one attached hydrogen (secondary N) is 1. The number of esters is 1. The number of para-hydroxylation sites is 1. The highest BCUT2D eigenvalue weighted by atomic mass is 32.2. The molecule has 142 valence electrons. The van der Waals surface area contributed by atoms with Crippen molar-refractivity contribution < 1.29 is 19.1 Å². The number of aryl methyl sites for hydroxylation is 2. The van der Waals surface area contributed by atoms with Crippen molar-refractivity contribution in [3.8, 4) is 17.2 Å². The fourth-order valence-electron chi connectivity index (χ4n) is 2.42. The predicted molar refractivity (Wildman–Crippen MR) is 104 cm³/mol. The molecule has 8 heteroatoms. The van der Waals surface area contributed by atoms with E-state index in [0.29, 0.717) is 11.3 Å². The normalized spacial score (nSPS) is 9.71. The van der Waals surface area contributed by atoms with Crippen LogP contribution in [-0.4, -0.2) is 25.1 Å². The molecule has 2 aromatic carbocycles. The second kappa shape index (κ2) is 10.0. The molecule has 0 radical (unpaired) electrons. The first-order valence-electron chi connectivity index (χ1n) is 8.19. The number of amides is 1. The Hall–Kier alpha value is -3.49. The number of ether oxygens (including phenoxy) is 2. The van der Waals surface area contributed by atoms with E-state index in [2.05, 4.69) is 5.32 Å². The van der Waals surface area contributed by atoms with E-state index in [4.69, 9.17) is 20.0 Å². The molecule has 0 atom stereocenters. The number of hydrogen-bond acceptors (Lipinski definition) is 7. The van der Waals surface area contributed by atoms with Gasteiger partial charge in [0.05, 0.1) is 5.56 Å². The van der Waals surface area contributed by atoms with E-state index in [1.807, 2.05) is 25.3 Å². The fourth-order valence-corrected chi connectivity index (χ4v) is 2.99. The van der Waals surface area contributed by atoms with Crippen LogP contribution >= 0.6 is 11.8 Å². The largest absolute Gasteiger partial charge is 0.481 e. The van der Waals surface area contributed by atoms with Crippen molar-refractivity contribution >= 4 is 29.3 Å². The number of thiocyanates is 1. The van der Waals surface area contributed by atoms with E-state index in [-0.39, 0.29) is 5.75 Å². The molecular formula is C20H17N3O4S. The molecule has 0 aromatic heterocycles. The Morgan fingerprint density at radius 2 is 1.79 bits per heavy atom. The molecule has 1 amide bonds. The molecule has 1 N–H and O–H groups in total. The molecule has 0 spiro atoms. The van der Waals surface area contributed by atoms with Crippen LogP contribution in [0.2, 0.25) is 0 Å². The highest BCUT2D eigenvalue weighted by Gasteiger charge is 2.13. The number of nitriles is 2. The highest BCUT2D eigenvalue weighted by Crippen LogP contribution is 2.27. The third kappa shape index (κ3) is 5.76. The van der Waals surface area contributed by atoms with Gasteiger partial charge in [0, 0.05) is 10.6 Å². The quantitative estimate of drug-likeness (QED) is 0.435. The number of nitrogens with zero attached hydrogens (tertiary/aromatic N) is 2. The maximum absolute atomic E-state index is 12.1. The van der Waals surface area contributed by atoms with Crippen LogP contribution in [0.15, 0.2) is 41.3 Å². The summed E-state index contributed by atoms with van der Waals surface area (Å²) in [6.07, 6.45) is 0. The summed E-state index contributed by atoms with van der Waals surface area (Å²) in [6, 6.07) is 12.0. The Balaban J connectivity index is 1.86. The van der Waals surface area contributed by atoms with Gasteiger partial charge in [0.2, 0.25) is 0 Å². The molecule has 0 aliphatic carbocycles. The van der Waals surface area contributed by atoms with Crippen molar-refractivity contribution in [2.45, 2.75) is 18.7 Å². The zero-order valence-electron chi connectivity index (χ0n) is 15.3. The van der Waals surface area contributed by atoms with Crippen molar-refractivity contribution in [1.29, 1.82) is 10.5 Å². The number of carbonyl (C=O) groups is 2. The topological polar surface area (TPSA) is 112 Å². The Labute approximate surface area is 166 Å². The maximum atomic E-state index is 12.1. The average Bonchev–Trinajstić information content (AvgIpc) is 2.68. The van der Waals surface area contributed by atoms with Gasteiger partial charge in [-0.3, -0.25) is 4.79 Å². The van der Waals surface area contributed by atoms with E-state index in [0.717, 1.165) is 27.8 Å². The smallest absolute Gasteiger partial charge is 0.344 e. The maximum Gasteiger partial charge on any atom is 0.344 e. The van der Waals surface area contributed by atoms with Crippen LogP contribution in [0.25, 0.3) is 0 Å². The average molecular weight is 395 g/mol. The summed E-state index contributed by atoms with van der Waals surface area (Å²) in [4.78, 5) is 24.6. The molecule has 0 aliphatic heterocycles. The molecule has 2 aromatic rings. The number of rotatable bonds is 7. The predicted octanol–water partition coefficient (Wildman–Crippen LogP) is 3.31. The van der Waals surface area contributed by atoms with Gasteiger partial charge in [-0.2, -0.15) is 10.5 Å². The lowest BCUT2D eigenvalue weighted by atomic mass is 10.1. The van der Waals surface area contributed by atoms with Crippen molar-refractivity contribution in [3.63, 3.8) is 0 Å². The molecule has 28 heavy (non-hydrogen) atoms. The number of carbonyl (C=O) groups excluding carboxylic acids is 2. The summed E-state index contributed by atoms with van der Waals surface area (Å²) >= 11 is 1.04. The molecular weight excluding hydrogens is 378 g/mol.